The van der Waals surface area contributed by atoms with Crippen LogP contribution >= 0.6 is 0 Å². The number of amides is 1. The highest BCUT2D eigenvalue weighted by molar-refractivity contribution is 5.97. The van der Waals surface area contributed by atoms with Crippen LogP contribution in [0.15, 0.2) is 30.3 Å². The Hall–Kier alpha value is -3.50. The molecule has 0 saturated carbocycles. The second kappa shape index (κ2) is 8.93. The molecule has 0 aromatic heterocycles. The average Bonchev–Trinajstić information content (AvgIpc) is 3.06. The van der Waals surface area contributed by atoms with Crippen molar-refractivity contribution in [2.24, 2.45) is 0 Å². The summed E-state index contributed by atoms with van der Waals surface area (Å²) in [5.41, 5.74) is -1.18. The van der Waals surface area contributed by atoms with Crippen molar-refractivity contribution < 1.29 is 32.4 Å². The van der Waals surface area contributed by atoms with E-state index in [0.29, 0.717) is 36.3 Å². The minimum Gasteiger partial charge on any atom is -0.492 e. The summed E-state index contributed by atoms with van der Waals surface area (Å²) < 4.78 is 51.5. The second-order valence-electron chi connectivity index (χ2n) is 7.36. The Morgan fingerprint density at radius 2 is 2.03 bits per heavy atom. The van der Waals surface area contributed by atoms with Gasteiger partial charge in [-0.2, -0.15) is 13.2 Å². The first-order valence-corrected chi connectivity index (χ1v) is 9.89. The first-order chi connectivity index (χ1) is 15.0. The van der Waals surface area contributed by atoms with Crippen LogP contribution in [0.2, 0.25) is 0 Å². The van der Waals surface area contributed by atoms with E-state index in [4.69, 9.17) is 9.47 Å². The standard InChI is InChI=1S/C21H22F3N3O5/c1-4-31-19-8-13-7-11(2)32-18(13)10-17(19)25-12(3)20(28)26-16-6-5-14(27(29)30)9-15(16)21(22,23)24/h5-6,8-12,25H,4,7H2,1-3H3,(H,26,28)/t11-,12+/m1/s1. The van der Waals surface area contributed by atoms with Crippen molar-refractivity contribution in [1.82, 2.24) is 0 Å². The number of benzene rings is 2. The fourth-order valence-electron chi connectivity index (χ4n) is 3.36. The highest BCUT2D eigenvalue weighted by Gasteiger charge is 2.36. The number of ether oxygens (including phenoxy) is 2. The van der Waals surface area contributed by atoms with Crippen molar-refractivity contribution in [3.05, 3.63) is 51.6 Å². The number of nitro benzene ring substituents is 1. The van der Waals surface area contributed by atoms with E-state index in [1.165, 1.54) is 6.92 Å². The minimum absolute atomic E-state index is 0.00150. The van der Waals surface area contributed by atoms with Gasteiger partial charge in [0, 0.05) is 30.2 Å². The van der Waals surface area contributed by atoms with Gasteiger partial charge in [-0.15, -0.1) is 0 Å². The van der Waals surface area contributed by atoms with Gasteiger partial charge in [0.25, 0.3) is 5.69 Å². The Labute approximate surface area is 181 Å². The summed E-state index contributed by atoms with van der Waals surface area (Å²) in [6, 6.07) is 4.70. The highest BCUT2D eigenvalue weighted by atomic mass is 19.4. The van der Waals surface area contributed by atoms with Crippen LogP contribution in [-0.2, 0) is 17.4 Å². The number of nitrogens with one attached hydrogen (secondary N) is 2. The van der Waals surface area contributed by atoms with Crippen molar-refractivity contribution in [3.63, 3.8) is 0 Å². The molecule has 8 nitrogen and oxygen atoms in total. The van der Waals surface area contributed by atoms with Gasteiger partial charge in [-0.3, -0.25) is 14.9 Å². The van der Waals surface area contributed by atoms with Gasteiger partial charge < -0.3 is 20.1 Å². The molecule has 0 bridgehead atoms. The van der Waals surface area contributed by atoms with Crippen molar-refractivity contribution >= 4 is 23.0 Å². The number of hydrogen-bond acceptors (Lipinski definition) is 6. The molecule has 0 radical (unpaired) electrons. The van der Waals surface area contributed by atoms with Crippen molar-refractivity contribution in [2.45, 2.75) is 45.5 Å². The molecule has 0 fully saturated rings. The van der Waals surface area contributed by atoms with E-state index < -0.39 is 40.0 Å². The molecule has 3 rings (SSSR count). The summed E-state index contributed by atoms with van der Waals surface area (Å²) in [6.07, 6.45) is -4.17. The average molecular weight is 453 g/mol. The number of alkyl halides is 3. The summed E-state index contributed by atoms with van der Waals surface area (Å²) in [5.74, 6) is 0.377. The van der Waals surface area contributed by atoms with E-state index in [2.05, 4.69) is 10.6 Å². The van der Waals surface area contributed by atoms with Crippen LogP contribution in [0, 0.1) is 10.1 Å². The lowest BCUT2D eigenvalue weighted by molar-refractivity contribution is -0.385. The van der Waals surface area contributed by atoms with Crippen molar-refractivity contribution in [1.29, 1.82) is 0 Å². The van der Waals surface area contributed by atoms with E-state index in [9.17, 15) is 28.1 Å². The SMILES string of the molecule is CCOc1cc2c(cc1N[C@@H](C)C(=O)Nc1ccc([N+](=O)[O-])cc1C(F)(F)F)O[C@H](C)C2. The van der Waals surface area contributed by atoms with Crippen LogP contribution in [0.25, 0.3) is 0 Å². The molecule has 11 heteroatoms. The number of nitrogens with zero attached hydrogens (tertiary/aromatic N) is 1. The van der Waals surface area contributed by atoms with E-state index >= 15 is 0 Å². The van der Waals surface area contributed by atoms with E-state index in [1.54, 1.807) is 13.0 Å². The largest absolute Gasteiger partial charge is 0.492 e. The summed E-state index contributed by atoms with van der Waals surface area (Å²) in [4.78, 5) is 22.5. The second-order valence-corrected chi connectivity index (χ2v) is 7.36. The summed E-state index contributed by atoms with van der Waals surface area (Å²) in [7, 11) is 0. The molecule has 2 aromatic carbocycles. The van der Waals surface area contributed by atoms with Crippen LogP contribution in [0.4, 0.5) is 30.2 Å². The molecule has 1 heterocycles. The third-order valence-corrected chi connectivity index (χ3v) is 4.84. The zero-order valence-electron chi connectivity index (χ0n) is 17.6. The van der Waals surface area contributed by atoms with E-state index in [-0.39, 0.29) is 6.10 Å². The molecule has 32 heavy (non-hydrogen) atoms. The van der Waals surface area contributed by atoms with Crippen LogP contribution in [0.1, 0.15) is 31.9 Å². The summed E-state index contributed by atoms with van der Waals surface area (Å²) >= 11 is 0. The molecule has 1 amide bonds. The Morgan fingerprint density at radius 3 is 2.66 bits per heavy atom. The number of carbonyl (C=O) groups is 1. The Bertz CT molecular complexity index is 1040. The van der Waals surface area contributed by atoms with Crippen LogP contribution in [0.5, 0.6) is 11.5 Å². The van der Waals surface area contributed by atoms with Gasteiger partial charge in [0.1, 0.15) is 23.6 Å². The fraction of sp³-hybridized carbons (Fsp3) is 0.381. The van der Waals surface area contributed by atoms with Crippen molar-refractivity contribution in [2.75, 3.05) is 17.2 Å². The molecule has 2 atom stereocenters. The molecule has 2 N–H and O–H groups in total. The third kappa shape index (κ3) is 5.04. The predicted molar refractivity (Wildman–Crippen MR) is 111 cm³/mol. The van der Waals surface area contributed by atoms with Gasteiger partial charge in [0.05, 0.1) is 28.5 Å². The van der Waals surface area contributed by atoms with Crippen LogP contribution < -0.4 is 20.1 Å². The number of nitro groups is 1. The zero-order valence-corrected chi connectivity index (χ0v) is 17.6. The maximum absolute atomic E-state index is 13.4. The molecule has 0 aliphatic carbocycles. The molecule has 1 aliphatic heterocycles. The Kier molecular flexibility index (Phi) is 6.47. The van der Waals surface area contributed by atoms with E-state index in [1.807, 2.05) is 13.0 Å². The molecule has 172 valence electrons. The quantitative estimate of drug-likeness (QED) is 0.462. The molecule has 1 aliphatic rings. The van der Waals surface area contributed by atoms with E-state index in [0.717, 1.165) is 17.7 Å². The minimum atomic E-state index is -4.89. The predicted octanol–water partition coefficient (Wildman–Crippen LogP) is 4.77. The molecule has 2 aromatic rings. The Morgan fingerprint density at radius 1 is 1.31 bits per heavy atom. The Balaban J connectivity index is 1.82. The smallest absolute Gasteiger partial charge is 0.418 e. The maximum atomic E-state index is 13.4. The van der Waals surface area contributed by atoms with Crippen LogP contribution in [-0.4, -0.2) is 29.6 Å². The zero-order chi connectivity index (χ0) is 23.6. The van der Waals surface area contributed by atoms with Gasteiger partial charge in [0.2, 0.25) is 5.91 Å². The normalized spacial score (nSPS) is 16.0. The van der Waals surface area contributed by atoms with Gasteiger partial charge >= 0.3 is 6.18 Å². The first-order valence-electron chi connectivity index (χ1n) is 9.89. The monoisotopic (exact) mass is 453 g/mol. The number of rotatable bonds is 7. The summed E-state index contributed by atoms with van der Waals surface area (Å²) in [6.45, 7) is 5.58. The van der Waals surface area contributed by atoms with Crippen molar-refractivity contribution in [3.8, 4) is 11.5 Å². The number of hydrogen-bond donors (Lipinski definition) is 2. The maximum Gasteiger partial charge on any atom is 0.418 e. The van der Waals surface area contributed by atoms with Gasteiger partial charge in [-0.1, -0.05) is 0 Å². The lowest BCUT2D eigenvalue weighted by Crippen LogP contribution is -2.32. The molecular weight excluding hydrogens is 431 g/mol. The molecule has 0 spiro atoms. The number of anilines is 2. The summed E-state index contributed by atoms with van der Waals surface area (Å²) in [5, 5.41) is 16.0. The number of halogens is 3. The molecular formula is C21H22F3N3O5. The van der Waals surface area contributed by atoms with Gasteiger partial charge in [0.15, 0.2) is 0 Å². The molecule has 0 unspecified atom stereocenters. The van der Waals surface area contributed by atoms with Gasteiger partial charge in [-0.05, 0) is 32.9 Å². The lowest BCUT2D eigenvalue weighted by atomic mass is 10.1. The third-order valence-electron chi connectivity index (χ3n) is 4.84. The van der Waals surface area contributed by atoms with Gasteiger partial charge in [-0.25, -0.2) is 0 Å². The number of non-ortho nitro benzene ring substituents is 1. The number of carbonyl (C=O) groups excluding carboxylic acids is 1. The fourth-order valence-corrected chi connectivity index (χ4v) is 3.36. The van der Waals surface area contributed by atoms with Crippen LogP contribution in [0.3, 0.4) is 0 Å². The highest BCUT2D eigenvalue weighted by Crippen LogP contribution is 2.39. The lowest BCUT2D eigenvalue weighted by Gasteiger charge is -2.20. The number of fused-ring (bicyclic) bond motifs is 1. The first kappa shape index (κ1) is 23.2. The topological polar surface area (TPSA) is 103 Å². The molecule has 0 saturated heterocycles.